The minimum absolute atomic E-state index is 0.275. The molecule has 27 heavy (non-hydrogen) atoms. The van der Waals surface area contributed by atoms with Crippen molar-refractivity contribution in [3.63, 3.8) is 0 Å². The van der Waals surface area contributed by atoms with Crippen LogP contribution in [0.15, 0.2) is 64.4 Å². The highest BCUT2D eigenvalue weighted by Gasteiger charge is 2.24. The van der Waals surface area contributed by atoms with E-state index in [1.54, 1.807) is 6.26 Å². The SMILES string of the molecule is Cc1ccccc1-c1nc(CO/N=C(\CC2CC2)c2ccc(Cl)cc2)co1. The van der Waals surface area contributed by atoms with Crippen LogP contribution in [0.25, 0.3) is 11.5 Å². The van der Waals surface area contributed by atoms with E-state index in [9.17, 15) is 0 Å². The maximum absolute atomic E-state index is 5.99. The third kappa shape index (κ3) is 4.58. The van der Waals surface area contributed by atoms with Crippen LogP contribution in [0.2, 0.25) is 5.02 Å². The second kappa shape index (κ2) is 7.97. The zero-order valence-electron chi connectivity index (χ0n) is 15.2. The fourth-order valence-corrected chi connectivity index (χ4v) is 3.06. The first kappa shape index (κ1) is 17.8. The molecule has 4 rings (SSSR count). The predicted molar refractivity (Wildman–Crippen MR) is 107 cm³/mol. The van der Waals surface area contributed by atoms with Crippen molar-refractivity contribution in [1.82, 2.24) is 4.98 Å². The normalized spacial score (nSPS) is 14.4. The van der Waals surface area contributed by atoms with Crippen LogP contribution in [-0.2, 0) is 11.4 Å². The lowest BCUT2D eigenvalue weighted by molar-refractivity contribution is 0.127. The lowest BCUT2D eigenvalue weighted by Gasteiger charge is -2.06. The summed E-state index contributed by atoms with van der Waals surface area (Å²) >= 11 is 5.99. The average molecular weight is 381 g/mol. The molecule has 0 N–H and O–H groups in total. The number of aromatic nitrogens is 1. The van der Waals surface area contributed by atoms with Gasteiger partial charge in [0, 0.05) is 10.6 Å². The van der Waals surface area contributed by atoms with Crippen LogP contribution in [0.5, 0.6) is 0 Å². The standard InChI is InChI=1S/C22H21ClN2O2/c1-15-4-2-3-5-20(15)22-24-19(13-26-22)14-27-25-21(12-16-6-7-16)17-8-10-18(23)11-9-17/h2-5,8-11,13,16H,6-7,12,14H2,1H3/b25-21+. The molecule has 0 spiro atoms. The van der Waals surface area contributed by atoms with Crippen LogP contribution in [0.3, 0.4) is 0 Å². The monoisotopic (exact) mass is 380 g/mol. The number of nitrogens with zero attached hydrogens (tertiary/aromatic N) is 2. The lowest BCUT2D eigenvalue weighted by atomic mass is 10.1. The Kier molecular flexibility index (Phi) is 5.26. The summed E-state index contributed by atoms with van der Waals surface area (Å²) in [5.74, 6) is 1.31. The summed E-state index contributed by atoms with van der Waals surface area (Å²) in [7, 11) is 0. The molecule has 0 aliphatic heterocycles. The molecule has 1 fully saturated rings. The van der Waals surface area contributed by atoms with E-state index in [1.807, 2.05) is 55.5 Å². The van der Waals surface area contributed by atoms with Gasteiger partial charge in [-0.2, -0.15) is 0 Å². The maximum atomic E-state index is 5.99. The second-order valence-electron chi connectivity index (χ2n) is 6.92. The molecule has 1 heterocycles. The van der Waals surface area contributed by atoms with Crippen molar-refractivity contribution >= 4 is 17.3 Å². The quantitative estimate of drug-likeness (QED) is 0.371. The molecule has 0 atom stereocenters. The van der Waals surface area contributed by atoms with Gasteiger partial charge in [0.15, 0.2) is 6.61 Å². The van der Waals surface area contributed by atoms with Crippen molar-refractivity contribution in [2.24, 2.45) is 11.1 Å². The lowest BCUT2D eigenvalue weighted by Crippen LogP contribution is -2.03. The summed E-state index contributed by atoms with van der Waals surface area (Å²) in [6.45, 7) is 2.31. The Bertz CT molecular complexity index is 943. The molecule has 0 saturated heterocycles. The summed E-state index contributed by atoms with van der Waals surface area (Å²) < 4.78 is 5.61. The predicted octanol–water partition coefficient (Wildman–Crippen LogP) is 6.02. The van der Waals surface area contributed by atoms with E-state index in [4.69, 9.17) is 20.9 Å². The topological polar surface area (TPSA) is 47.6 Å². The summed E-state index contributed by atoms with van der Waals surface area (Å²) in [6.07, 6.45) is 5.07. The van der Waals surface area contributed by atoms with Gasteiger partial charge in [-0.1, -0.05) is 47.1 Å². The number of hydrogen-bond acceptors (Lipinski definition) is 4. The van der Waals surface area contributed by atoms with E-state index >= 15 is 0 Å². The number of oxazole rings is 1. The van der Waals surface area contributed by atoms with Crippen molar-refractivity contribution in [3.05, 3.63) is 76.6 Å². The smallest absolute Gasteiger partial charge is 0.226 e. The zero-order chi connectivity index (χ0) is 18.6. The van der Waals surface area contributed by atoms with E-state index in [0.29, 0.717) is 11.8 Å². The molecule has 0 unspecified atom stereocenters. The molecule has 0 amide bonds. The highest BCUT2D eigenvalue weighted by Crippen LogP contribution is 2.34. The van der Waals surface area contributed by atoms with Crippen molar-refractivity contribution in [1.29, 1.82) is 0 Å². The average Bonchev–Trinajstić information content (AvgIpc) is 3.37. The molecule has 5 heteroatoms. The molecule has 2 aromatic carbocycles. The number of halogens is 1. The number of benzene rings is 2. The summed E-state index contributed by atoms with van der Waals surface area (Å²) in [5.41, 5.74) is 4.84. The summed E-state index contributed by atoms with van der Waals surface area (Å²) in [4.78, 5) is 10.1. The van der Waals surface area contributed by atoms with Gasteiger partial charge in [-0.25, -0.2) is 4.98 Å². The van der Waals surface area contributed by atoms with Gasteiger partial charge in [-0.05, 0) is 61.4 Å². The second-order valence-corrected chi connectivity index (χ2v) is 7.36. The largest absolute Gasteiger partial charge is 0.444 e. The fourth-order valence-electron chi connectivity index (χ4n) is 2.93. The molecule has 0 radical (unpaired) electrons. The molecule has 1 saturated carbocycles. The van der Waals surface area contributed by atoms with Crippen LogP contribution < -0.4 is 0 Å². The highest BCUT2D eigenvalue weighted by atomic mass is 35.5. The zero-order valence-corrected chi connectivity index (χ0v) is 15.9. The van der Waals surface area contributed by atoms with Crippen LogP contribution >= 0.6 is 11.6 Å². The molecular formula is C22H21ClN2O2. The molecule has 4 nitrogen and oxygen atoms in total. The number of hydrogen-bond donors (Lipinski definition) is 0. The fraction of sp³-hybridized carbons (Fsp3) is 0.273. The Hall–Kier alpha value is -2.59. The van der Waals surface area contributed by atoms with E-state index < -0.39 is 0 Å². The van der Waals surface area contributed by atoms with Gasteiger partial charge in [-0.3, -0.25) is 0 Å². The van der Waals surface area contributed by atoms with Gasteiger partial charge in [0.2, 0.25) is 5.89 Å². The molecular weight excluding hydrogens is 360 g/mol. The van der Waals surface area contributed by atoms with E-state index in [-0.39, 0.29) is 6.61 Å². The van der Waals surface area contributed by atoms with Gasteiger partial charge in [0.05, 0.1) is 5.71 Å². The van der Waals surface area contributed by atoms with Crippen molar-refractivity contribution in [3.8, 4) is 11.5 Å². The third-order valence-electron chi connectivity index (χ3n) is 4.67. The molecule has 3 aromatic rings. The Balaban J connectivity index is 1.45. The van der Waals surface area contributed by atoms with E-state index in [2.05, 4.69) is 10.1 Å². The molecule has 1 aliphatic rings. The van der Waals surface area contributed by atoms with Gasteiger partial charge in [0.1, 0.15) is 12.0 Å². The first-order valence-electron chi connectivity index (χ1n) is 9.14. The van der Waals surface area contributed by atoms with Crippen LogP contribution in [-0.4, -0.2) is 10.7 Å². The number of oxime groups is 1. The Morgan fingerprint density at radius 1 is 1.19 bits per heavy atom. The Morgan fingerprint density at radius 2 is 1.96 bits per heavy atom. The van der Waals surface area contributed by atoms with E-state index in [0.717, 1.165) is 39.5 Å². The minimum Gasteiger partial charge on any atom is -0.444 e. The summed E-state index contributed by atoms with van der Waals surface area (Å²) in [6, 6.07) is 15.7. The van der Waals surface area contributed by atoms with Gasteiger partial charge < -0.3 is 9.25 Å². The van der Waals surface area contributed by atoms with Crippen molar-refractivity contribution in [2.45, 2.75) is 32.8 Å². The van der Waals surface area contributed by atoms with Crippen molar-refractivity contribution < 1.29 is 9.25 Å². The first-order valence-corrected chi connectivity index (χ1v) is 9.52. The van der Waals surface area contributed by atoms with Gasteiger partial charge >= 0.3 is 0 Å². The van der Waals surface area contributed by atoms with Crippen LogP contribution in [0.1, 0.15) is 36.1 Å². The van der Waals surface area contributed by atoms with Crippen LogP contribution in [0.4, 0.5) is 0 Å². The Morgan fingerprint density at radius 3 is 2.70 bits per heavy atom. The third-order valence-corrected chi connectivity index (χ3v) is 4.92. The number of rotatable bonds is 7. The molecule has 0 bridgehead atoms. The molecule has 138 valence electrons. The summed E-state index contributed by atoms with van der Waals surface area (Å²) in [5, 5.41) is 5.11. The molecule has 1 aromatic heterocycles. The van der Waals surface area contributed by atoms with Crippen LogP contribution in [0, 0.1) is 12.8 Å². The molecule has 1 aliphatic carbocycles. The Labute approximate surface area is 163 Å². The van der Waals surface area contributed by atoms with Gasteiger partial charge in [0.25, 0.3) is 0 Å². The van der Waals surface area contributed by atoms with Gasteiger partial charge in [-0.15, -0.1) is 0 Å². The highest BCUT2D eigenvalue weighted by molar-refractivity contribution is 6.30. The van der Waals surface area contributed by atoms with E-state index in [1.165, 1.54) is 12.8 Å². The van der Waals surface area contributed by atoms with Crippen molar-refractivity contribution in [2.75, 3.05) is 0 Å². The maximum Gasteiger partial charge on any atom is 0.226 e. The first-order chi connectivity index (χ1) is 13.2. The minimum atomic E-state index is 0.275. The number of aryl methyl sites for hydroxylation is 1.